The highest BCUT2D eigenvalue weighted by Gasteiger charge is 2.27. The first-order valence-electron chi connectivity index (χ1n) is 9.10. The van der Waals surface area contributed by atoms with Crippen molar-refractivity contribution < 1.29 is 9.72 Å². The molecule has 2 aromatic heterocycles. The monoisotopic (exact) mass is 413 g/mol. The molecule has 29 heavy (non-hydrogen) atoms. The zero-order valence-electron chi connectivity index (χ0n) is 16.0. The van der Waals surface area contributed by atoms with Crippen molar-refractivity contribution in [3.8, 4) is 0 Å². The summed E-state index contributed by atoms with van der Waals surface area (Å²) in [6.07, 6.45) is 1.46. The molecular weight excluding hydrogens is 394 g/mol. The number of nitro benzene ring substituents is 1. The molecule has 0 spiro atoms. The van der Waals surface area contributed by atoms with Crippen LogP contribution in [0.15, 0.2) is 35.4 Å². The Labute approximate surface area is 170 Å². The molecule has 0 N–H and O–H groups in total. The van der Waals surface area contributed by atoms with Crippen LogP contribution in [-0.2, 0) is 7.05 Å². The van der Waals surface area contributed by atoms with Gasteiger partial charge in [0, 0.05) is 51.0 Å². The Balaban J connectivity index is 1.53. The Kier molecular flexibility index (Phi) is 4.79. The lowest BCUT2D eigenvalue weighted by Gasteiger charge is -2.36. The molecule has 0 bridgehead atoms. The zero-order valence-corrected chi connectivity index (χ0v) is 16.8. The van der Waals surface area contributed by atoms with Gasteiger partial charge in [-0.1, -0.05) is 6.07 Å². The molecule has 0 atom stereocenters. The molecule has 9 nitrogen and oxygen atoms in total. The summed E-state index contributed by atoms with van der Waals surface area (Å²) in [5, 5.41) is 11.5. The Bertz CT molecular complexity index is 1180. The molecule has 1 amide bonds. The topological polar surface area (TPSA) is 102 Å². The molecule has 3 aromatic rings. The number of anilines is 1. The molecule has 1 fully saturated rings. The zero-order chi connectivity index (χ0) is 20.7. The summed E-state index contributed by atoms with van der Waals surface area (Å²) >= 11 is 1.25. The van der Waals surface area contributed by atoms with E-state index < -0.39 is 4.92 Å². The minimum atomic E-state index is -0.411. The summed E-state index contributed by atoms with van der Waals surface area (Å²) in [6.45, 7) is 3.95. The van der Waals surface area contributed by atoms with Gasteiger partial charge < -0.3 is 14.4 Å². The van der Waals surface area contributed by atoms with E-state index in [0.29, 0.717) is 46.8 Å². The first-order valence-corrected chi connectivity index (χ1v) is 9.92. The van der Waals surface area contributed by atoms with Crippen LogP contribution in [0.4, 0.5) is 11.4 Å². The van der Waals surface area contributed by atoms with E-state index in [9.17, 15) is 19.7 Å². The van der Waals surface area contributed by atoms with Gasteiger partial charge in [-0.3, -0.25) is 19.7 Å². The second kappa shape index (κ2) is 7.28. The molecule has 0 saturated carbocycles. The van der Waals surface area contributed by atoms with Crippen LogP contribution in [0.5, 0.6) is 0 Å². The van der Waals surface area contributed by atoms with Crippen molar-refractivity contribution in [1.82, 2.24) is 14.5 Å². The third kappa shape index (κ3) is 3.35. The Morgan fingerprint density at radius 3 is 2.66 bits per heavy atom. The first-order chi connectivity index (χ1) is 13.9. The number of fused-ring (bicyclic) bond motifs is 1. The normalized spacial score (nSPS) is 14.4. The van der Waals surface area contributed by atoms with E-state index in [-0.39, 0.29) is 17.2 Å². The SMILES string of the molecule is Cc1c(C(=O)N2CCN(c3cccc([N+](=O)[O-])c3)CC2)sc2ncn(C)c(=O)c12. The molecule has 4 rings (SSSR count). The summed E-state index contributed by atoms with van der Waals surface area (Å²) in [5.74, 6) is -0.105. The largest absolute Gasteiger partial charge is 0.368 e. The standard InChI is InChI=1S/C19H19N5O4S/c1-12-15-17(20-11-21(2)18(15)25)29-16(12)19(26)23-8-6-22(7-9-23)13-4-3-5-14(10-13)24(27)28/h3-5,10-11H,6-9H2,1-2H3. The quantitative estimate of drug-likeness (QED) is 0.482. The van der Waals surface area contributed by atoms with Crippen molar-refractivity contribution in [2.45, 2.75) is 6.92 Å². The van der Waals surface area contributed by atoms with Crippen molar-refractivity contribution >= 4 is 38.8 Å². The minimum Gasteiger partial charge on any atom is -0.368 e. The molecule has 0 radical (unpaired) electrons. The molecule has 0 unspecified atom stereocenters. The Morgan fingerprint density at radius 1 is 1.24 bits per heavy atom. The Morgan fingerprint density at radius 2 is 1.97 bits per heavy atom. The van der Waals surface area contributed by atoms with Crippen LogP contribution in [0.3, 0.4) is 0 Å². The number of rotatable bonds is 3. The van der Waals surface area contributed by atoms with Gasteiger partial charge in [0.2, 0.25) is 0 Å². The fraction of sp³-hybridized carbons (Fsp3) is 0.316. The van der Waals surface area contributed by atoms with E-state index in [1.165, 1.54) is 28.3 Å². The van der Waals surface area contributed by atoms with Gasteiger partial charge in [0.1, 0.15) is 4.83 Å². The molecule has 0 aliphatic carbocycles. The summed E-state index contributed by atoms with van der Waals surface area (Å²) in [6, 6.07) is 6.52. The molecule has 1 aliphatic rings. The van der Waals surface area contributed by atoms with Crippen LogP contribution < -0.4 is 10.5 Å². The number of piperazine rings is 1. The van der Waals surface area contributed by atoms with Gasteiger partial charge >= 0.3 is 0 Å². The van der Waals surface area contributed by atoms with Crippen molar-refractivity contribution in [1.29, 1.82) is 0 Å². The van der Waals surface area contributed by atoms with E-state index in [2.05, 4.69) is 4.98 Å². The molecule has 1 aromatic carbocycles. The lowest BCUT2D eigenvalue weighted by atomic mass is 10.2. The average molecular weight is 413 g/mol. The molecule has 150 valence electrons. The predicted molar refractivity (Wildman–Crippen MR) is 111 cm³/mol. The van der Waals surface area contributed by atoms with E-state index in [0.717, 1.165) is 5.69 Å². The number of carbonyl (C=O) groups excluding carboxylic acids is 1. The van der Waals surface area contributed by atoms with Crippen molar-refractivity contribution in [2.24, 2.45) is 7.05 Å². The van der Waals surface area contributed by atoms with Crippen molar-refractivity contribution in [2.75, 3.05) is 31.1 Å². The smallest absolute Gasteiger partial charge is 0.271 e. The third-order valence-electron chi connectivity index (χ3n) is 5.18. The van der Waals surface area contributed by atoms with Gasteiger partial charge in [-0.15, -0.1) is 11.3 Å². The predicted octanol–water partition coefficient (Wildman–Crippen LogP) is 2.17. The molecular formula is C19H19N5O4S. The number of amides is 1. The molecule has 10 heteroatoms. The van der Waals surface area contributed by atoms with E-state index >= 15 is 0 Å². The van der Waals surface area contributed by atoms with Crippen LogP contribution in [0.25, 0.3) is 10.2 Å². The number of nitro groups is 1. The number of aromatic nitrogens is 2. The lowest BCUT2D eigenvalue weighted by Crippen LogP contribution is -2.48. The lowest BCUT2D eigenvalue weighted by molar-refractivity contribution is -0.384. The summed E-state index contributed by atoms with van der Waals surface area (Å²) in [4.78, 5) is 45.2. The van der Waals surface area contributed by atoms with Crippen LogP contribution in [0.2, 0.25) is 0 Å². The summed E-state index contributed by atoms with van der Waals surface area (Å²) in [7, 11) is 1.64. The van der Waals surface area contributed by atoms with E-state index in [1.54, 1.807) is 31.0 Å². The number of hydrogen-bond acceptors (Lipinski definition) is 7. The number of non-ortho nitro benzene ring substituents is 1. The fourth-order valence-corrected chi connectivity index (χ4v) is 4.63. The van der Waals surface area contributed by atoms with Gasteiger partial charge in [-0.25, -0.2) is 4.98 Å². The van der Waals surface area contributed by atoms with Crippen LogP contribution in [0.1, 0.15) is 15.2 Å². The van der Waals surface area contributed by atoms with Gasteiger partial charge in [0.05, 0.1) is 21.5 Å². The maximum atomic E-state index is 13.1. The highest BCUT2D eigenvalue weighted by molar-refractivity contribution is 7.20. The number of hydrogen-bond donors (Lipinski definition) is 0. The van der Waals surface area contributed by atoms with Crippen LogP contribution in [-0.4, -0.2) is 51.5 Å². The number of benzene rings is 1. The number of carbonyl (C=O) groups is 1. The van der Waals surface area contributed by atoms with Crippen LogP contribution in [0, 0.1) is 17.0 Å². The number of thiophene rings is 1. The fourth-order valence-electron chi connectivity index (χ4n) is 3.53. The number of aryl methyl sites for hydroxylation is 2. The second-order valence-corrected chi connectivity index (χ2v) is 7.95. The Hall–Kier alpha value is -3.27. The molecule has 3 heterocycles. The van der Waals surface area contributed by atoms with Crippen LogP contribution >= 0.6 is 11.3 Å². The minimum absolute atomic E-state index is 0.0518. The molecule has 1 saturated heterocycles. The van der Waals surface area contributed by atoms with Gasteiger partial charge in [0.15, 0.2) is 0 Å². The molecule has 1 aliphatic heterocycles. The van der Waals surface area contributed by atoms with Gasteiger partial charge in [-0.2, -0.15) is 0 Å². The van der Waals surface area contributed by atoms with E-state index in [4.69, 9.17) is 0 Å². The highest BCUT2D eigenvalue weighted by Crippen LogP contribution is 2.29. The van der Waals surface area contributed by atoms with Crippen molar-refractivity contribution in [3.63, 3.8) is 0 Å². The maximum absolute atomic E-state index is 13.1. The third-order valence-corrected chi connectivity index (χ3v) is 6.37. The van der Waals surface area contributed by atoms with Gasteiger partial charge in [0.25, 0.3) is 17.2 Å². The summed E-state index contributed by atoms with van der Waals surface area (Å²) < 4.78 is 1.41. The van der Waals surface area contributed by atoms with E-state index in [1.807, 2.05) is 11.0 Å². The maximum Gasteiger partial charge on any atom is 0.271 e. The second-order valence-electron chi connectivity index (χ2n) is 6.95. The van der Waals surface area contributed by atoms with Gasteiger partial charge in [-0.05, 0) is 18.6 Å². The summed E-state index contributed by atoms with van der Waals surface area (Å²) in [5.41, 5.74) is 1.34. The average Bonchev–Trinajstić information content (AvgIpc) is 3.07. The highest BCUT2D eigenvalue weighted by atomic mass is 32.1. The first kappa shape index (κ1) is 19.1. The number of nitrogens with zero attached hydrogens (tertiary/aromatic N) is 5. The van der Waals surface area contributed by atoms with Crippen molar-refractivity contribution in [3.05, 3.63) is 61.5 Å².